The van der Waals surface area contributed by atoms with Gasteiger partial charge in [-0.15, -0.1) is 13.2 Å². The SMILES string of the molecule is Bc1ccc(NC(=S)Nc2cc(-c3nc4ncccc4o3)ccn2)c(OC(F)(F)F)c1. The quantitative estimate of drug-likeness (QED) is 0.368. The zero-order valence-corrected chi connectivity index (χ0v) is 16.7. The Hall–Kier alpha value is -3.67. The predicted octanol–water partition coefficient (Wildman–Crippen LogP) is 3.25. The van der Waals surface area contributed by atoms with Crippen molar-refractivity contribution in [2.75, 3.05) is 10.6 Å². The lowest BCUT2D eigenvalue weighted by molar-refractivity contribution is -0.274. The Kier molecular flexibility index (Phi) is 5.47. The Morgan fingerprint density at radius 2 is 1.90 bits per heavy atom. The number of pyridine rings is 2. The standard InChI is InChI=1S/C19H13BF3N5O2S/c20-11-3-4-12(14(9-11)30-19(21,22)23)26-18(31)27-15-8-10(5-7-24-15)17-28-16-13(29-17)2-1-6-25-16/h1-9H,20H2,(H2,24,26,27,31). The number of hydrogen-bond donors (Lipinski definition) is 2. The average Bonchev–Trinajstić information content (AvgIpc) is 3.13. The maximum Gasteiger partial charge on any atom is 0.573 e. The molecule has 0 aliphatic carbocycles. The van der Waals surface area contributed by atoms with E-state index in [0.29, 0.717) is 34.0 Å². The fourth-order valence-corrected chi connectivity index (χ4v) is 2.95. The van der Waals surface area contributed by atoms with Gasteiger partial charge in [0, 0.05) is 18.0 Å². The van der Waals surface area contributed by atoms with Gasteiger partial charge in [-0.2, -0.15) is 4.98 Å². The molecule has 0 bridgehead atoms. The lowest BCUT2D eigenvalue weighted by atomic mass is 9.96. The summed E-state index contributed by atoms with van der Waals surface area (Å²) in [4.78, 5) is 12.6. The topological polar surface area (TPSA) is 85.1 Å². The van der Waals surface area contributed by atoms with Crippen molar-refractivity contribution >= 4 is 53.4 Å². The summed E-state index contributed by atoms with van der Waals surface area (Å²) in [5.41, 5.74) is 2.29. The van der Waals surface area contributed by atoms with Crippen LogP contribution < -0.4 is 20.8 Å². The first kappa shape index (κ1) is 20.6. The Bertz CT molecular complexity index is 1230. The van der Waals surface area contributed by atoms with Crippen LogP contribution in [0.25, 0.3) is 22.7 Å². The van der Waals surface area contributed by atoms with Crippen molar-refractivity contribution in [2.24, 2.45) is 0 Å². The molecule has 0 fully saturated rings. The highest BCUT2D eigenvalue weighted by Crippen LogP contribution is 2.29. The van der Waals surface area contributed by atoms with Gasteiger partial charge in [-0.25, -0.2) is 9.97 Å². The molecule has 3 aromatic heterocycles. The fraction of sp³-hybridized carbons (Fsp3) is 0.0526. The van der Waals surface area contributed by atoms with Gasteiger partial charge < -0.3 is 19.8 Å². The molecule has 4 rings (SSSR count). The Balaban J connectivity index is 1.51. The molecule has 0 aliphatic heterocycles. The van der Waals surface area contributed by atoms with E-state index in [1.807, 2.05) is 0 Å². The second-order valence-corrected chi connectivity index (χ2v) is 6.81. The van der Waals surface area contributed by atoms with Crippen molar-refractivity contribution in [1.29, 1.82) is 0 Å². The summed E-state index contributed by atoms with van der Waals surface area (Å²) in [7, 11) is 1.65. The number of oxazole rings is 1. The molecule has 2 N–H and O–H groups in total. The summed E-state index contributed by atoms with van der Waals surface area (Å²) < 4.78 is 47.8. The number of ether oxygens (including phenoxy) is 1. The minimum absolute atomic E-state index is 0.0276. The van der Waals surface area contributed by atoms with Crippen LogP contribution in [-0.4, -0.2) is 34.3 Å². The predicted molar refractivity (Wildman–Crippen MR) is 116 cm³/mol. The van der Waals surface area contributed by atoms with Crippen molar-refractivity contribution in [2.45, 2.75) is 6.36 Å². The molecule has 156 valence electrons. The first-order valence-electron chi connectivity index (χ1n) is 8.89. The van der Waals surface area contributed by atoms with Crippen LogP contribution in [0.15, 0.2) is 59.3 Å². The number of aromatic nitrogens is 3. The van der Waals surface area contributed by atoms with Crippen LogP contribution in [0.2, 0.25) is 0 Å². The number of alkyl halides is 3. The molecule has 4 aromatic rings. The van der Waals surface area contributed by atoms with E-state index in [1.165, 1.54) is 18.3 Å². The third-order valence-electron chi connectivity index (χ3n) is 4.02. The lowest BCUT2D eigenvalue weighted by Crippen LogP contribution is -2.23. The molecule has 0 spiro atoms. The van der Waals surface area contributed by atoms with Crippen LogP contribution in [0.4, 0.5) is 24.7 Å². The molecule has 0 atom stereocenters. The van der Waals surface area contributed by atoms with E-state index in [-0.39, 0.29) is 10.8 Å². The van der Waals surface area contributed by atoms with Gasteiger partial charge in [0.15, 0.2) is 22.1 Å². The summed E-state index contributed by atoms with van der Waals surface area (Å²) >= 11 is 5.22. The van der Waals surface area contributed by atoms with E-state index in [0.717, 1.165) is 0 Å². The Morgan fingerprint density at radius 3 is 2.68 bits per heavy atom. The van der Waals surface area contributed by atoms with Gasteiger partial charge in [0.05, 0.1) is 5.69 Å². The minimum atomic E-state index is -4.83. The van der Waals surface area contributed by atoms with Crippen LogP contribution in [0.1, 0.15) is 0 Å². The Labute approximate surface area is 180 Å². The van der Waals surface area contributed by atoms with E-state index >= 15 is 0 Å². The smallest absolute Gasteiger partial charge is 0.434 e. The maximum absolute atomic E-state index is 12.7. The number of nitrogens with zero attached hydrogens (tertiary/aromatic N) is 3. The minimum Gasteiger partial charge on any atom is -0.434 e. The Morgan fingerprint density at radius 1 is 1.06 bits per heavy atom. The third-order valence-corrected chi connectivity index (χ3v) is 4.23. The van der Waals surface area contributed by atoms with E-state index in [9.17, 15) is 13.2 Å². The van der Waals surface area contributed by atoms with Crippen molar-refractivity contribution in [1.82, 2.24) is 15.0 Å². The second kappa shape index (κ2) is 8.22. The van der Waals surface area contributed by atoms with E-state index < -0.39 is 12.1 Å². The average molecular weight is 443 g/mol. The molecular weight excluding hydrogens is 430 g/mol. The zero-order valence-electron chi connectivity index (χ0n) is 15.9. The highest BCUT2D eigenvalue weighted by Gasteiger charge is 2.32. The molecule has 12 heteroatoms. The molecule has 0 saturated heterocycles. The van der Waals surface area contributed by atoms with Crippen molar-refractivity contribution < 1.29 is 22.3 Å². The molecule has 1 aromatic carbocycles. The fourth-order valence-electron chi connectivity index (χ4n) is 2.74. The molecule has 0 unspecified atom stereocenters. The summed E-state index contributed by atoms with van der Waals surface area (Å²) in [5.74, 6) is 0.297. The van der Waals surface area contributed by atoms with Crippen molar-refractivity contribution in [3.05, 3.63) is 54.9 Å². The second-order valence-electron chi connectivity index (χ2n) is 6.40. The summed E-state index contributed by atoms with van der Waals surface area (Å²) in [5, 5.41) is 5.55. The molecule has 0 saturated carbocycles. The number of thiocarbonyl (C=S) groups is 1. The number of anilines is 2. The number of benzene rings is 1. The van der Waals surface area contributed by atoms with Gasteiger partial charge >= 0.3 is 6.36 Å². The monoisotopic (exact) mass is 443 g/mol. The number of hydrogen-bond acceptors (Lipinski definition) is 6. The van der Waals surface area contributed by atoms with Crippen LogP contribution in [0.5, 0.6) is 5.75 Å². The lowest BCUT2D eigenvalue weighted by Gasteiger charge is -2.16. The highest BCUT2D eigenvalue weighted by molar-refractivity contribution is 7.80. The molecule has 0 aliphatic rings. The summed E-state index contributed by atoms with van der Waals surface area (Å²) in [6.45, 7) is 0. The number of nitrogens with one attached hydrogen (secondary N) is 2. The van der Waals surface area contributed by atoms with Crippen LogP contribution in [0, 0.1) is 0 Å². The van der Waals surface area contributed by atoms with E-state index in [1.54, 1.807) is 44.4 Å². The first-order valence-corrected chi connectivity index (χ1v) is 9.30. The van der Waals surface area contributed by atoms with Gasteiger partial charge in [0.1, 0.15) is 13.7 Å². The number of halogens is 3. The highest BCUT2D eigenvalue weighted by atomic mass is 32.1. The largest absolute Gasteiger partial charge is 0.573 e. The summed E-state index contributed by atoms with van der Waals surface area (Å²) in [6, 6.07) is 11.2. The molecule has 0 radical (unpaired) electrons. The molecule has 0 amide bonds. The zero-order chi connectivity index (χ0) is 22.0. The van der Waals surface area contributed by atoms with Crippen LogP contribution >= 0.6 is 12.2 Å². The van der Waals surface area contributed by atoms with Crippen LogP contribution in [0.3, 0.4) is 0 Å². The molecule has 3 heterocycles. The first-order chi connectivity index (χ1) is 14.8. The maximum atomic E-state index is 12.7. The third kappa shape index (κ3) is 5.09. The number of fused-ring (bicyclic) bond motifs is 1. The van der Waals surface area contributed by atoms with Gasteiger partial charge in [0.25, 0.3) is 0 Å². The molecule has 7 nitrogen and oxygen atoms in total. The normalized spacial score (nSPS) is 11.3. The molecular formula is C19H13BF3N5O2S. The van der Waals surface area contributed by atoms with Crippen molar-refractivity contribution in [3.63, 3.8) is 0 Å². The number of rotatable bonds is 4. The van der Waals surface area contributed by atoms with E-state index in [4.69, 9.17) is 16.6 Å². The van der Waals surface area contributed by atoms with Gasteiger partial charge in [0.2, 0.25) is 5.89 Å². The van der Waals surface area contributed by atoms with E-state index in [2.05, 4.69) is 30.3 Å². The van der Waals surface area contributed by atoms with Crippen LogP contribution in [-0.2, 0) is 0 Å². The van der Waals surface area contributed by atoms with Gasteiger partial charge in [-0.05, 0) is 48.6 Å². The van der Waals surface area contributed by atoms with Gasteiger partial charge in [-0.3, -0.25) is 0 Å². The summed E-state index contributed by atoms with van der Waals surface area (Å²) in [6.07, 6.45) is -1.70. The van der Waals surface area contributed by atoms with Crippen molar-refractivity contribution in [3.8, 4) is 17.2 Å². The molecule has 31 heavy (non-hydrogen) atoms. The van der Waals surface area contributed by atoms with Gasteiger partial charge in [-0.1, -0.05) is 11.5 Å².